The molecule has 5 rings (SSSR count). The van der Waals surface area contributed by atoms with Crippen molar-refractivity contribution in [2.75, 3.05) is 13.1 Å². The van der Waals surface area contributed by atoms with Crippen LogP contribution >= 0.6 is 0 Å². The third-order valence-corrected chi connectivity index (χ3v) is 6.07. The summed E-state index contributed by atoms with van der Waals surface area (Å²) in [6.07, 6.45) is 5.69. The molecule has 0 radical (unpaired) electrons. The summed E-state index contributed by atoms with van der Waals surface area (Å²) < 4.78 is 4.23. The number of carbonyl (C=O) groups excluding carboxylic acids is 1. The van der Waals surface area contributed by atoms with Gasteiger partial charge < -0.3 is 19.6 Å². The van der Waals surface area contributed by atoms with Gasteiger partial charge in [0.2, 0.25) is 0 Å². The van der Waals surface area contributed by atoms with Crippen molar-refractivity contribution in [3.63, 3.8) is 0 Å². The van der Waals surface area contributed by atoms with Crippen molar-refractivity contribution in [1.82, 2.24) is 23.8 Å². The molecule has 2 N–H and O–H groups in total. The van der Waals surface area contributed by atoms with Gasteiger partial charge in [-0.3, -0.25) is 4.79 Å². The highest BCUT2D eigenvalue weighted by atomic mass is 16.2. The number of amides is 1. The molecular weight excluding hydrogens is 376 g/mol. The number of pyridine rings is 2. The average Bonchev–Trinajstić information content (AvgIpc) is 3.30. The monoisotopic (exact) mass is 402 g/mol. The fourth-order valence-electron chi connectivity index (χ4n) is 4.52. The lowest BCUT2D eigenvalue weighted by molar-refractivity contribution is 0.0709. The van der Waals surface area contributed by atoms with Crippen molar-refractivity contribution in [3.8, 4) is 11.4 Å². The van der Waals surface area contributed by atoms with Gasteiger partial charge in [-0.05, 0) is 57.0 Å². The molecule has 5 heterocycles. The molecule has 30 heavy (non-hydrogen) atoms. The molecule has 1 unspecified atom stereocenters. The molecule has 0 saturated carbocycles. The summed E-state index contributed by atoms with van der Waals surface area (Å²) in [5, 5.41) is 1.10. The normalized spacial score (nSPS) is 17.2. The van der Waals surface area contributed by atoms with Crippen molar-refractivity contribution in [2.24, 2.45) is 5.73 Å². The molecule has 4 aromatic rings. The van der Waals surface area contributed by atoms with E-state index < -0.39 is 0 Å². The highest BCUT2D eigenvalue weighted by Gasteiger charge is 2.23. The van der Waals surface area contributed by atoms with Crippen LogP contribution in [0.4, 0.5) is 0 Å². The Labute approximate surface area is 175 Å². The molecule has 0 aliphatic carbocycles. The number of piperidine rings is 1. The van der Waals surface area contributed by atoms with Gasteiger partial charge in [0.05, 0.1) is 5.69 Å². The molecule has 1 fully saturated rings. The van der Waals surface area contributed by atoms with Crippen LogP contribution in [0, 0.1) is 6.92 Å². The van der Waals surface area contributed by atoms with Crippen LogP contribution in [0.15, 0.2) is 42.7 Å². The van der Waals surface area contributed by atoms with E-state index in [2.05, 4.69) is 35.5 Å². The van der Waals surface area contributed by atoms with Crippen LogP contribution in [0.3, 0.4) is 0 Å². The number of aryl methyl sites for hydroxylation is 2. The van der Waals surface area contributed by atoms with Crippen molar-refractivity contribution >= 4 is 22.6 Å². The molecule has 1 saturated heterocycles. The summed E-state index contributed by atoms with van der Waals surface area (Å²) in [7, 11) is 0. The van der Waals surface area contributed by atoms with E-state index in [4.69, 9.17) is 10.7 Å². The Kier molecular flexibility index (Phi) is 4.55. The lowest BCUT2D eigenvalue weighted by Gasteiger charge is -2.30. The minimum absolute atomic E-state index is 0.0294. The van der Waals surface area contributed by atoms with Gasteiger partial charge in [0.1, 0.15) is 17.0 Å². The Morgan fingerprint density at radius 2 is 2.17 bits per heavy atom. The van der Waals surface area contributed by atoms with Crippen molar-refractivity contribution in [2.45, 2.75) is 39.3 Å². The Morgan fingerprint density at radius 3 is 2.97 bits per heavy atom. The minimum atomic E-state index is 0.0294. The average molecular weight is 403 g/mol. The Balaban J connectivity index is 1.57. The predicted octanol–water partition coefficient (Wildman–Crippen LogP) is 3.24. The number of rotatable bonds is 3. The summed E-state index contributed by atoms with van der Waals surface area (Å²) >= 11 is 0. The standard InChI is InChI=1S/C23H26N6O/c1-3-28-19(12-16-6-4-9-25-22(16)28)21-15(2)29-11-8-17(13-20(29)26-21)23(30)27-10-5-7-18(24)14-27/h4,6,8-9,11-13,18H,3,5,7,10,14,24H2,1-2H3. The number of nitrogens with two attached hydrogens (primary N) is 1. The molecule has 0 spiro atoms. The van der Waals surface area contributed by atoms with Crippen LogP contribution in [0.2, 0.25) is 0 Å². The lowest BCUT2D eigenvalue weighted by Crippen LogP contribution is -2.45. The first-order valence-electron chi connectivity index (χ1n) is 10.5. The summed E-state index contributed by atoms with van der Waals surface area (Å²) in [4.78, 5) is 24.3. The zero-order valence-corrected chi connectivity index (χ0v) is 17.4. The van der Waals surface area contributed by atoms with Gasteiger partial charge in [-0.15, -0.1) is 0 Å². The lowest BCUT2D eigenvalue weighted by atomic mass is 10.1. The Morgan fingerprint density at radius 1 is 1.30 bits per heavy atom. The molecule has 1 amide bonds. The van der Waals surface area contributed by atoms with Crippen LogP contribution in [-0.4, -0.2) is 48.9 Å². The highest BCUT2D eigenvalue weighted by molar-refractivity contribution is 5.95. The van der Waals surface area contributed by atoms with Gasteiger partial charge in [-0.25, -0.2) is 9.97 Å². The van der Waals surface area contributed by atoms with Gasteiger partial charge in [0.15, 0.2) is 0 Å². The van der Waals surface area contributed by atoms with Crippen LogP contribution in [0.5, 0.6) is 0 Å². The molecule has 0 aromatic carbocycles. The number of hydrogen-bond donors (Lipinski definition) is 1. The number of hydrogen-bond acceptors (Lipinski definition) is 4. The molecule has 0 bridgehead atoms. The Bertz CT molecular complexity index is 1250. The number of nitrogens with zero attached hydrogens (tertiary/aromatic N) is 5. The van der Waals surface area contributed by atoms with Crippen LogP contribution in [0.1, 0.15) is 35.8 Å². The van der Waals surface area contributed by atoms with E-state index in [1.54, 1.807) is 0 Å². The van der Waals surface area contributed by atoms with Gasteiger partial charge >= 0.3 is 0 Å². The van der Waals surface area contributed by atoms with Gasteiger partial charge in [-0.1, -0.05) is 0 Å². The van der Waals surface area contributed by atoms with Gasteiger partial charge in [-0.2, -0.15) is 0 Å². The van der Waals surface area contributed by atoms with E-state index in [0.29, 0.717) is 12.1 Å². The quantitative estimate of drug-likeness (QED) is 0.570. The second-order valence-electron chi connectivity index (χ2n) is 8.03. The van der Waals surface area contributed by atoms with Gasteiger partial charge in [0.25, 0.3) is 5.91 Å². The highest BCUT2D eigenvalue weighted by Crippen LogP contribution is 2.30. The van der Waals surface area contributed by atoms with E-state index in [1.165, 1.54) is 0 Å². The molecule has 1 aliphatic rings. The summed E-state index contributed by atoms with van der Waals surface area (Å²) in [6, 6.07) is 10.00. The fraction of sp³-hybridized carbons (Fsp3) is 0.348. The maximum Gasteiger partial charge on any atom is 0.254 e. The third-order valence-electron chi connectivity index (χ3n) is 6.07. The first kappa shape index (κ1) is 18.8. The zero-order chi connectivity index (χ0) is 20.8. The smallest absolute Gasteiger partial charge is 0.254 e. The van der Waals surface area contributed by atoms with E-state index in [9.17, 15) is 4.79 Å². The molecular formula is C23H26N6O. The maximum atomic E-state index is 13.0. The SMILES string of the molecule is CCn1c(-c2nc3cc(C(=O)N4CCCC(N)C4)ccn3c2C)cc2cccnc21. The van der Waals surface area contributed by atoms with Crippen molar-refractivity contribution in [3.05, 3.63) is 54.0 Å². The van der Waals surface area contributed by atoms with Crippen molar-refractivity contribution in [1.29, 1.82) is 0 Å². The van der Waals surface area contributed by atoms with E-state index in [1.807, 2.05) is 39.9 Å². The molecule has 154 valence electrons. The fourth-order valence-corrected chi connectivity index (χ4v) is 4.52. The van der Waals surface area contributed by atoms with Crippen LogP contribution in [-0.2, 0) is 6.54 Å². The van der Waals surface area contributed by atoms with E-state index in [0.717, 1.165) is 59.7 Å². The summed E-state index contributed by atoms with van der Waals surface area (Å²) in [6.45, 7) is 6.36. The van der Waals surface area contributed by atoms with Crippen molar-refractivity contribution < 1.29 is 4.79 Å². The van der Waals surface area contributed by atoms with Crippen LogP contribution in [0.25, 0.3) is 28.1 Å². The number of imidazole rings is 1. The summed E-state index contributed by atoms with van der Waals surface area (Å²) in [5.74, 6) is 0.0294. The molecule has 7 heteroatoms. The first-order valence-corrected chi connectivity index (χ1v) is 10.5. The maximum absolute atomic E-state index is 13.0. The second-order valence-corrected chi connectivity index (χ2v) is 8.03. The Hall–Kier alpha value is -3.19. The topological polar surface area (TPSA) is 81.5 Å². The largest absolute Gasteiger partial charge is 0.337 e. The summed E-state index contributed by atoms with van der Waals surface area (Å²) in [5.41, 5.74) is 11.5. The zero-order valence-electron chi connectivity index (χ0n) is 17.4. The second kappa shape index (κ2) is 7.25. The molecule has 4 aromatic heterocycles. The number of likely N-dealkylation sites (tertiary alicyclic amines) is 1. The number of fused-ring (bicyclic) bond motifs is 2. The number of carbonyl (C=O) groups is 1. The predicted molar refractivity (Wildman–Crippen MR) is 117 cm³/mol. The molecule has 7 nitrogen and oxygen atoms in total. The first-order chi connectivity index (χ1) is 14.6. The van der Waals surface area contributed by atoms with Gasteiger partial charge in [0, 0.05) is 54.7 Å². The minimum Gasteiger partial charge on any atom is -0.337 e. The van der Waals surface area contributed by atoms with E-state index in [-0.39, 0.29) is 11.9 Å². The molecule has 1 aliphatic heterocycles. The van der Waals surface area contributed by atoms with Crippen LogP contribution < -0.4 is 5.73 Å². The third kappa shape index (κ3) is 2.97. The molecule has 1 atom stereocenters. The number of aromatic nitrogens is 4. The van der Waals surface area contributed by atoms with E-state index >= 15 is 0 Å².